The Balaban J connectivity index is 2.48. The quantitative estimate of drug-likeness (QED) is 0.816. The highest BCUT2D eigenvalue weighted by Crippen LogP contribution is 2.14. The van der Waals surface area contributed by atoms with Gasteiger partial charge in [0.1, 0.15) is 17.5 Å². The van der Waals surface area contributed by atoms with Gasteiger partial charge in [-0.15, -0.1) is 0 Å². The van der Waals surface area contributed by atoms with E-state index in [1.54, 1.807) is 18.3 Å². The maximum absolute atomic E-state index is 12.7. The highest BCUT2D eigenvalue weighted by atomic mass is 19.1. The lowest BCUT2D eigenvalue weighted by Crippen LogP contribution is -1.98. The van der Waals surface area contributed by atoms with Gasteiger partial charge >= 0.3 is 0 Å². The smallest absolute Gasteiger partial charge is 0.142 e. The number of nitrogens with zero attached hydrogens (tertiary/aromatic N) is 2. The monoisotopic (exact) mass is 205 g/mol. The molecular weight excluding hydrogens is 193 g/mol. The first kappa shape index (κ1) is 9.71. The van der Waals surface area contributed by atoms with Crippen LogP contribution in [0.1, 0.15) is 12.7 Å². The lowest BCUT2D eigenvalue weighted by atomic mass is 10.3. The number of aryl methyl sites for hydroxylation is 1. The number of imidazole rings is 1. The van der Waals surface area contributed by atoms with Gasteiger partial charge in [0.2, 0.25) is 0 Å². The van der Waals surface area contributed by atoms with E-state index in [0.717, 1.165) is 17.9 Å². The van der Waals surface area contributed by atoms with Gasteiger partial charge in [0, 0.05) is 12.1 Å². The van der Waals surface area contributed by atoms with Crippen LogP contribution in [0.15, 0.2) is 30.5 Å². The Morgan fingerprint density at radius 2 is 2.00 bits per heavy atom. The van der Waals surface area contributed by atoms with Crippen LogP contribution in [-0.2, 0) is 6.42 Å². The van der Waals surface area contributed by atoms with Gasteiger partial charge in [0.15, 0.2) is 0 Å². The number of halogens is 1. The summed E-state index contributed by atoms with van der Waals surface area (Å²) >= 11 is 0. The van der Waals surface area contributed by atoms with E-state index in [1.165, 1.54) is 12.1 Å². The number of nitrogens with two attached hydrogens (primary N) is 1. The highest BCUT2D eigenvalue weighted by molar-refractivity contribution is 5.38. The Morgan fingerprint density at radius 1 is 1.33 bits per heavy atom. The van der Waals surface area contributed by atoms with Crippen molar-refractivity contribution in [2.24, 2.45) is 0 Å². The summed E-state index contributed by atoms with van der Waals surface area (Å²) < 4.78 is 14.6. The van der Waals surface area contributed by atoms with Crippen LogP contribution in [0.4, 0.5) is 10.2 Å². The predicted molar refractivity (Wildman–Crippen MR) is 57.3 cm³/mol. The van der Waals surface area contributed by atoms with Crippen molar-refractivity contribution in [3.63, 3.8) is 0 Å². The number of aromatic nitrogens is 2. The zero-order chi connectivity index (χ0) is 10.8. The SMILES string of the molecule is CCc1nc(N)cn1-c1ccc(F)cc1. The number of anilines is 1. The Hall–Kier alpha value is -1.84. The normalized spacial score (nSPS) is 10.5. The van der Waals surface area contributed by atoms with Crippen LogP contribution in [0.25, 0.3) is 5.69 Å². The molecule has 0 saturated carbocycles. The van der Waals surface area contributed by atoms with E-state index in [-0.39, 0.29) is 5.82 Å². The average Bonchev–Trinajstić information content (AvgIpc) is 2.61. The Morgan fingerprint density at radius 3 is 2.60 bits per heavy atom. The fourth-order valence-corrected chi connectivity index (χ4v) is 1.51. The number of rotatable bonds is 2. The molecule has 0 fully saturated rings. The summed E-state index contributed by atoms with van der Waals surface area (Å²) in [5, 5.41) is 0. The Kier molecular flexibility index (Phi) is 2.41. The molecule has 0 spiro atoms. The van der Waals surface area contributed by atoms with E-state index in [9.17, 15) is 4.39 Å². The molecule has 78 valence electrons. The summed E-state index contributed by atoms with van der Waals surface area (Å²) in [5.74, 6) is 1.11. The first-order valence-corrected chi connectivity index (χ1v) is 4.80. The van der Waals surface area contributed by atoms with Crippen LogP contribution >= 0.6 is 0 Å². The molecule has 0 saturated heterocycles. The molecule has 1 aromatic carbocycles. The second kappa shape index (κ2) is 3.73. The summed E-state index contributed by atoms with van der Waals surface area (Å²) in [6.45, 7) is 2.00. The minimum Gasteiger partial charge on any atom is -0.382 e. The number of hydrogen-bond donors (Lipinski definition) is 1. The molecule has 3 nitrogen and oxygen atoms in total. The van der Waals surface area contributed by atoms with Crippen LogP contribution in [0.5, 0.6) is 0 Å². The molecule has 2 aromatic rings. The molecule has 2 N–H and O–H groups in total. The third-order valence-electron chi connectivity index (χ3n) is 2.22. The van der Waals surface area contributed by atoms with E-state index in [0.29, 0.717) is 5.82 Å². The molecular formula is C11H12FN3. The molecule has 2 rings (SSSR count). The minimum atomic E-state index is -0.245. The van der Waals surface area contributed by atoms with Crippen molar-refractivity contribution >= 4 is 5.82 Å². The van der Waals surface area contributed by atoms with E-state index in [2.05, 4.69) is 4.98 Å². The van der Waals surface area contributed by atoms with Crippen molar-refractivity contribution in [3.05, 3.63) is 42.1 Å². The van der Waals surface area contributed by atoms with Crippen molar-refractivity contribution in [1.82, 2.24) is 9.55 Å². The Bertz CT molecular complexity index is 459. The van der Waals surface area contributed by atoms with Gasteiger partial charge in [0.25, 0.3) is 0 Å². The van der Waals surface area contributed by atoms with Gasteiger partial charge in [-0.3, -0.25) is 0 Å². The fraction of sp³-hybridized carbons (Fsp3) is 0.182. The van der Waals surface area contributed by atoms with Crippen molar-refractivity contribution in [2.45, 2.75) is 13.3 Å². The van der Waals surface area contributed by atoms with Crippen LogP contribution in [-0.4, -0.2) is 9.55 Å². The first-order chi connectivity index (χ1) is 7.20. The van der Waals surface area contributed by atoms with Crippen molar-refractivity contribution < 1.29 is 4.39 Å². The third kappa shape index (κ3) is 1.83. The molecule has 0 amide bonds. The topological polar surface area (TPSA) is 43.8 Å². The second-order valence-electron chi connectivity index (χ2n) is 3.28. The van der Waals surface area contributed by atoms with Gasteiger partial charge in [0.05, 0.1) is 6.20 Å². The molecule has 0 aliphatic heterocycles. The van der Waals surface area contributed by atoms with Gasteiger partial charge in [-0.1, -0.05) is 6.92 Å². The van der Waals surface area contributed by atoms with E-state index in [1.807, 2.05) is 11.5 Å². The van der Waals surface area contributed by atoms with E-state index < -0.39 is 0 Å². The van der Waals surface area contributed by atoms with Crippen molar-refractivity contribution in [3.8, 4) is 5.69 Å². The standard InChI is InChI=1S/C11H12FN3/c1-2-11-14-10(13)7-15(11)9-5-3-8(12)4-6-9/h3-7H,2,13H2,1H3. The number of nitrogen functional groups attached to an aromatic ring is 1. The molecule has 4 heteroatoms. The van der Waals surface area contributed by atoms with Crippen molar-refractivity contribution in [2.75, 3.05) is 5.73 Å². The zero-order valence-corrected chi connectivity index (χ0v) is 8.44. The molecule has 0 radical (unpaired) electrons. The summed E-state index contributed by atoms with van der Waals surface area (Å²) in [6.07, 6.45) is 2.53. The Labute approximate surface area is 87.4 Å². The number of hydrogen-bond acceptors (Lipinski definition) is 2. The van der Waals surface area contributed by atoms with Gasteiger partial charge in [-0.2, -0.15) is 0 Å². The van der Waals surface area contributed by atoms with Gasteiger partial charge in [-0.25, -0.2) is 9.37 Å². The summed E-state index contributed by atoms with van der Waals surface area (Å²) in [4.78, 5) is 4.17. The largest absolute Gasteiger partial charge is 0.382 e. The van der Waals surface area contributed by atoms with Crippen LogP contribution in [0.2, 0.25) is 0 Å². The minimum absolute atomic E-state index is 0.245. The highest BCUT2D eigenvalue weighted by Gasteiger charge is 2.05. The zero-order valence-electron chi connectivity index (χ0n) is 8.44. The molecule has 0 aliphatic rings. The van der Waals surface area contributed by atoms with Crippen LogP contribution in [0.3, 0.4) is 0 Å². The molecule has 1 aromatic heterocycles. The van der Waals surface area contributed by atoms with Gasteiger partial charge in [-0.05, 0) is 24.3 Å². The first-order valence-electron chi connectivity index (χ1n) is 4.80. The van der Waals surface area contributed by atoms with E-state index >= 15 is 0 Å². The molecule has 1 heterocycles. The molecule has 0 atom stereocenters. The molecule has 15 heavy (non-hydrogen) atoms. The van der Waals surface area contributed by atoms with E-state index in [4.69, 9.17) is 5.73 Å². The fourth-order valence-electron chi connectivity index (χ4n) is 1.51. The third-order valence-corrected chi connectivity index (χ3v) is 2.22. The summed E-state index contributed by atoms with van der Waals surface area (Å²) in [7, 11) is 0. The maximum atomic E-state index is 12.7. The number of benzene rings is 1. The van der Waals surface area contributed by atoms with Gasteiger partial charge < -0.3 is 10.3 Å². The predicted octanol–water partition coefficient (Wildman–Crippen LogP) is 2.16. The summed E-state index contributed by atoms with van der Waals surface area (Å²) in [6, 6.07) is 6.25. The molecule has 0 bridgehead atoms. The lowest BCUT2D eigenvalue weighted by Gasteiger charge is -2.05. The lowest BCUT2D eigenvalue weighted by molar-refractivity contribution is 0.627. The van der Waals surface area contributed by atoms with Crippen LogP contribution in [0, 0.1) is 5.82 Å². The van der Waals surface area contributed by atoms with Crippen molar-refractivity contribution in [1.29, 1.82) is 0 Å². The second-order valence-corrected chi connectivity index (χ2v) is 3.28. The molecule has 0 aliphatic carbocycles. The molecule has 0 unspecified atom stereocenters. The van der Waals surface area contributed by atoms with Crippen LogP contribution < -0.4 is 5.73 Å². The average molecular weight is 205 g/mol. The summed E-state index contributed by atoms with van der Waals surface area (Å²) in [5.41, 5.74) is 6.49. The maximum Gasteiger partial charge on any atom is 0.142 e.